The molecule has 0 aliphatic rings. The summed E-state index contributed by atoms with van der Waals surface area (Å²) in [6.07, 6.45) is 3.04. The molecular formula is C13H17N3O4. The maximum atomic E-state index is 11.9. The lowest BCUT2D eigenvalue weighted by atomic mass is 10.2. The van der Waals surface area contributed by atoms with Crippen LogP contribution in [0.2, 0.25) is 0 Å². The summed E-state index contributed by atoms with van der Waals surface area (Å²) in [4.78, 5) is 27.6. The van der Waals surface area contributed by atoms with E-state index in [9.17, 15) is 9.59 Å². The highest BCUT2D eigenvalue weighted by Crippen LogP contribution is 2.08. The molecule has 1 heterocycles. The van der Waals surface area contributed by atoms with E-state index in [2.05, 4.69) is 16.9 Å². The Bertz CT molecular complexity index is 490. The number of aromatic nitrogens is 1. The standard InChI is InChI=1S/C13H17N3O4/c1-3-6-16(9-12(17)18)13(19)15-8-10-4-5-14-11(7-10)20-2/h3-5,7H,1,6,8-9H2,2H3,(H,15,19)(H,17,18). The number of aliphatic carboxylic acids is 1. The van der Waals surface area contributed by atoms with Gasteiger partial charge in [-0.3, -0.25) is 4.79 Å². The van der Waals surface area contributed by atoms with Crippen LogP contribution in [0.5, 0.6) is 5.88 Å². The zero-order valence-electron chi connectivity index (χ0n) is 11.2. The quantitative estimate of drug-likeness (QED) is 0.723. The molecule has 0 aromatic carbocycles. The maximum Gasteiger partial charge on any atom is 0.323 e. The van der Waals surface area contributed by atoms with Gasteiger partial charge in [0.15, 0.2) is 0 Å². The van der Waals surface area contributed by atoms with E-state index in [1.165, 1.54) is 13.2 Å². The number of urea groups is 1. The van der Waals surface area contributed by atoms with Crippen molar-refractivity contribution in [3.05, 3.63) is 36.5 Å². The number of hydrogen-bond acceptors (Lipinski definition) is 4. The first kappa shape index (κ1) is 15.5. The molecule has 0 radical (unpaired) electrons. The van der Waals surface area contributed by atoms with Gasteiger partial charge in [0.1, 0.15) is 6.54 Å². The van der Waals surface area contributed by atoms with Gasteiger partial charge in [-0.1, -0.05) is 6.08 Å². The Labute approximate surface area is 116 Å². The van der Waals surface area contributed by atoms with Crippen molar-refractivity contribution in [2.45, 2.75) is 6.54 Å². The molecule has 7 nitrogen and oxygen atoms in total. The average molecular weight is 279 g/mol. The van der Waals surface area contributed by atoms with E-state index in [0.717, 1.165) is 10.5 Å². The summed E-state index contributed by atoms with van der Waals surface area (Å²) >= 11 is 0. The van der Waals surface area contributed by atoms with Crippen molar-refractivity contribution in [3.8, 4) is 5.88 Å². The number of ether oxygens (including phenoxy) is 1. The molecule has 0 bridgehead atoms. The number of carbonyl (C=O) groups is 2. The lowest BCUT2D eigenvalue weighted by Crippen LogP contribution is -2.42. The summed E-state index contributed by atoms with van der Waals surface area (Å²) in [5.41, 5.74) is 0.805. The SMILES string of the molecule is C=CCN(CC(=O)O)C(=O)NCc1ccnc(OC)c1. The van der Waals surface area contributed by atoms with E-state index in [-0.39, 0.29) is 19.6 Å². The first-order chi connectivity index (χ1) is 9.56. The Morgan fingerprint density at radius 3 is 2.95 bits per heavy atom. The highest BCUT2D eigenvalue weighted by molar-refractivity contribution is 5.80. The number of amides is 2. The minimum Gasteiger partial charge on any atom is -0.481 e. The molecule has 2 amide bonds. The van der Waals surface area contributed by atoms with Gasteiger partial charge in [0.2, 0.25) is 5.88 Å². The summed E-state index contributed by atoms with van der Waals surface area (Å²) in [5.74, 6) is -0.627. The number of hydrogen-bond donors (Lipinski definition) is 2. The number of carboxylic acid groups (broad SMARTS) is 1. The van der Waals surface area contributed by atoms with Crippen molar-refractivity contribution in [1.29, 1.82) is 0 Å². The molecule has 0 aliphatic heterocycles. The van der Waals surface area contributed by atoms with Gasteiger partial charge >= 0.3 is 12.0 Å². The summed E-state index contributed by atoms with van der Waals surface area (Å²) in [6, 6.07) is 2.95. The summed E-state index contributed by atoms with van der Waals surface area (Å²) in [6.45, 7) is 3.53. The van der Waals surface area contributed by atoms with E-state index in [1.807, 2.05) is 0 Å². The van der Waals surface area contributed by atoms with Crippen LogP contribution >= 0.6 is 0 Å². The van der Waals surface area contributed by atoms with E-state index >= 15 is 0 Å². The van der Waals surface area contributed by atoms with Gasteiger partial charge in [-0.25, -0.2) is 9.78 Å². The van der Waals surface area contributed by atoms with Crippen molar-refractivity contribution >= 4 is 12.0 Å². The van der Waals surface area contributed by atoms with Crippen LogP contribution in [0.25, 0.3) is 0 Å². The molecule has 1 aromatic rings. The molecular weight excluding hydrogens is 262 g/mol. The molecule has 108 valence electrons. The molecule has 1 aromatic heterocycles. The van der Waals surface area contributed by atoms with Gasteiger partial charge in [-0.05, 0) is 11.6 Å². The lowest BCUT2D eigenvalue weighted by molar-refractivity contribution is -0.137. The van der Waals surface area contributed by atoms with Crippen LogP contribution in [0.1, 0.15) is 5.56 Å². The van der Waals surface area contributed by atoms with Crippen molar-refractivity contribution < 1.29 is 19.4 Å². The van der Waals surface area contributed by atoms with E-state index in [4.69, 9.17) is 9.84 Å². The van der Waals surface area contributed by atoms with Crippen LogP contribution in [0, 0.1) is 0 Å². The number of rotatable bonds is 7. The van der Waals surface area contributed by atoms with Gasteiger partial charge in [0, 0.05) is 25.4 Å². The second-order valence-corrected chi connectivity index (χ2v) is 3.93. The third kappa shape index (κ3) is 4.97. The van der Waals surface area contributed by atoms with Gasteiger partial charge < -0.3 is 20.1 Å². The molecule has 0 atom stereocenters. The minimum atomic E-state index is -1.08. The van der Waals surface area contributed by atoms with Gasteiger partial charge in [-0.2, -0.15) is 0 Å². The highest BCUT2D eigenvalue weighted by Gasteiger charge is 2.14. The smallest absolute Gasteiger partial charge is 0.323 e. The van der Waals surface area contributed by atoms with Gasteiger partial charge in [0.25, 0.3) is 0 Å². The highest BCUT2D eigenvalue weighted by atomic mass is 16.5. The molecule has 0 fully saturated rings. The molecule has 2 N–H and O–H groups in total. The molecule has 0 aliphatic carbocycles. The van der Waals surface area contributed by atoms with Crippen LogP contribution in [-0.4, -0.2) is 47.2 Å². The summed E-state index contributed by atoms with van der Waals surface area (Å²) in [7, 11) is 1.50. The van der Waals surface area contributed by atoms with Crippen molar-refractivity contribution in [1.82, 2.24) is 15.2 Å². The normalized spacial score (nSPS) is 9.65. The molecule has 0 unspecified atom stereocenters. The van der Waals surface area contributed by atoms with Crippen molar-refractivity contribution in [2.24, 2.45) is 0 Å². The fourth-order valence-corrected chi connectivity index (χ4v) is 1.50. The topological polar surface area (TPSA) is 91.8 Å². The van der Waals surface area contributed by atoms with Gasteiger partial charge in [-0.15, -0.1) is 6.58 Å². The number of carbonyl (C=O) groups excluding carboxylic acids is 1. The Balaban J connectivity index is 2.59. The Morgan fingerprint density at radius 1 is 1.60 bits per heavy atom. The predicted octanol–water partition coefficient (Wildman–Crippen LogP) is 0.872. The Hall–Kier alpha value is -2.57. The molecule has 7 heteroatoms. The number of carboxylic acids is 1. The number of methoxy groups -OCH3 is 1. The molecule has 1 rings (SSSR count). The Morgan fingerprint density at radius 2 is 2.35 bits per heavy atom. The molecule has 20 heavy (non-hydrogen) atoms. The van der Waals surface area contributed by atoms with E-state index in [0.29, 0.717) is 5.88 Å². The lowest BCUT2D eigenvalue weighted by Gasteiger charge is -2.19. The summed E-state index contributed by atoms with van der Waals surface area (Å²) in [5, 5.41) is 11.4. The largest absolute Gasteiger partial charge is 0.481 e. The number of nitrogens with zero attached hydrogens (tertiary/aromatic N) is 2. The second-order valence-electron chi connectivity index (χ2n) is 3.93. The fourth-order valence-electron chi connectivity index (χ4n) is 1.50. The van der Waals surface area contributed by atoms with Crippen LogP contribution in [-0.2, 0) is 11.3 Å². The predicted molar refractivity (Wildman–Crippen MR) is 72.4 cm³/mol. The summed E-state index contributed by atoms with van der Waals surface area (Å²) < 4.78 is 4.98. The number of pyridine rings is 1. The molecule has 0 saturated heterocycles. The maximum absolute atomic E-state index is 11.9. The van der Waals surface area contributed by atoms with Crippen LogP contribution in [0.3, 0.4) is 0 Å². The average Bonchev–Trinajstić information content (AvgIpc) is 2.44. The first-order valence-corrected chi connectivity index (χ1v) is 5.91. The van der Waals surface area contributed by atoms with E-state index < -0.39 is 12.0 Å². The second kappa shape index (κ2) is 7.78. The monoisotopic (exact) mass is 279 g/mol. The number of nitrogens with one attached hydrogen (secondary N) is 1. The zero-order valence-corrected chi connectivity index (χ0v) is 11.2. The van der Waals surface area contributed by atoms with Crippen LogP contribution < -0.4 is 10.1 Å². The van der Waals surface area contributed by atoms with Crippen molar-refractivity contribution in [3.63, 3.8) is 0 Å². The third-order valence-electron chi connectivity index (χ3n) is 2.41. The zero-order chi connectivity index (χ0) is 15.0. The van der Waals surface area contributed by atoms with Crippen LogP contribution in [0.4, 0.5) is 4.79 Å². The molecule has 0 spiro atoms. The van der Waals surface area contributed by atoms with E-state index in [1.54, 1.807) is 18.3 Å². The third-order valence-corrected chi connectivity index (χ3v) is 2.41. The first-order valence-electron chi connectivity index (χ1n) is 5.91. The van der Waals surface area contributed by atoms with Crippen LogP contribution in [0.15, 0.2) is 31.0 Å². The fraction of sp³-hybridized carbons (Fsp3) is 0.308. The van der Waals surface area contributed by atoms with Crippen molar-refractivity contribution in [2.75, 3.05) is 20.2 Å². The Kier molecular flexibility index (Phi) is 6.02. The molecule has 0 saturated carbocycles. The van der Waals surface area contributed by atoms with Gasteiger partial charge in [0.05, 0.1) is 7.11 Å². The minimum absolute atomic E-state index is 0.164.